The van der Waals surface area contributed by atoms with Gasteiger partial charge in [0.2, 0.25) is 11.9 Å². The summed E-state index contributed by atoms with van der Waals surface area (Å²) in [6, 6.07) is 7.76. The number of aromatic amines is 1. The molecule has 9 nitrogen and oxygen atoms in total. The van der Waals surface area contributed by atoms with E-state index in [1.54, 1.807) is 11.8 Å². The van der Waals surface area contributed by atoms with Crippen molar-refractivity contribution in [2.45, 2.75) is 48.2 Å². The average Bonchev–Trinajstić information content (AvgIpc) is 3.70. The number of hydrogen-bond acceptors (Lipinski definition) is 8. The van der Waals surface area contributed by atoms with Crippen LogP contribution in [0.2, 0.25) is 0 Å². The first kappa shape index (κ1) is 21.5. The molecule has 3 heterocycles. The van der Waals surface area contributed by atoms with Gasteiger partial charge in [-0.05, 0) is 62.8 Å². The van der Waals surface area contributed by atoms with Crippen LogP contribution < -0.4 is 16.0 Å². The second kappa shape index (κ2) is 8.00. The lowest BCUT2D eigenvalue weighted by molar-refractivity contribution is -0.117. The number of halogens is 1. The van der Waals surface area contributed by atoms with Gasteiger partial charge in [0.15, 0.2) is 4.99 Å². The second-order valence-electron chi connectivity index (χ2n) is 9.65. The number of amidine groups is 1. The summed E-state index contributed by atoms with van der Waals surface area (Å²) in [7, 11) is 0. The number of nitrogens with zero attached hydrogens (tertiary/aromatic N) is 4. The molecular weight excluding hydrogens is 455 g/mol. The third kappa shape index (κ3) is 4.48. The van der Waals surface area contributed by atoms with Gasteiger partial charge in [0.1, 0.15) is 23.7 Å². The molecule has 1 atom stereocenters. The Labute approximate surface area is 201 Å². The van der Waals surface area contributed by atoms with Gasteiger partial charge in [-0.3, -0.25) is 4.79 Å². The summed E-state index contributed by atoms with van der Waals surface area (Å²) >= 11 is 1.54. The SMILES string of the molecule is CC1(Sc2ccc(NC(=O)C3CC3)cc2)N=C(N2CC(F)(C3CC3)C2)C=C(Nc2ncn[nH]2)N1. The molecule has 2 aromatic rings. The van der Waals surface area contributed by atoms with E-state index in [2.05, 4.69) is 31.1 Å². The molecule has 4 N–H and O–H groups in total. The molecule has 2 saturated carbocycles. The van der Waals surface area contributed by atoms with E-state index in [0.717, 1.165) is 42.1 Å². The molecule has 1 aromatic carbocycles. The molecule has 1 unspecified atom stereocenters. The Hall–Kier alpha value is -3.08. The van der Waals surface area contributed by atoms with E-state index in [4.69, 9.17) is 4.99 Å². The van der Waals surface area contributed by atoms with Crippen LogP contribution in [-0.4, -0.2) is 55.6 Å². The highest BCUT2D eigenvalue weighted by Crippen LogP contribution is 2.48. The molecule has 6 rings (SSSR count). The molecule has 34 heavy (non-hydrogen) atoms. The quantitative estimate of drug-likeness (QED) is 0.479. The molecule has 1 saturated heterocycles. The number of benzene rings is 1. The summed E-state index contributed by atoms with van der Waals surface area (Å²) in [6.45, 7) is 2.73. The maximum atomic E-state index is 15.0. The highest BCUT2D eigenvalue weighted by atomic mass is 32.2. The Morgan fingerprint density at radius 3 is 2.62 bits per heavy atom. The molecule has 0 spiro atoms. The van der Waals surface area contributed by atoms with Crippen LogP contribution in [0.5, 0.6) is 0 Å². The summed E-state index contributed by atoms with van der Waals surface area (Å²) in [5.74, 6) is 2.39. The number of anilines is 2. The highest BCUT2D eigenvalue weighted by Gasteiger charge is 2.55. The van der Waals surface area contributed by atoms with Gasteiger partial charge in [0, 0.05) is 22.6 Å². The maximum absolute atomic E-state index is 15.0. The maximum Gasteiger partial charge on any atom is 0.227 e. The molecule has 0 bridgehead atoms. The van der Waals surface area contributed by atoms with Crippen LogP contribution in [0.25, 0.3) is 0 Å². The minimum absolute atomic E-state index is 0.0912. The number of nitrogens with one attached hydrogen (secondary N) is 4. The molecule has 3 fully saturated rings. The van der Waals surface area contributed by atoms with E-state index in [1.165, 1.54) is 6.33 Å². The fraction of sp³-hybridized carbons (Fsp3) is 0.478. The molecule has 2 aliphatic carbocycles. The van der Waals surface area contributed by atoms with Crippen LogP contribution in [0.4, 0.5) is 16.0 Å². The Kier molecular flexibility index (Phi) is 5.05. The molecule has 0 radical (unpaired) electrons. The van der Waals surface area contributed by atoms with Crippen molar-refractivity contribution in [1.29, 1.82) is 0 Å². The number of aromatic nitrogens is 3. The predicted molar refractivity (Wildman–Crippen MR) is 129 cm³/mol. The number of thioether (sulfide) groups is 1. The zero-order chi connectivity index (χ0) is 23.3. The van der Waals surface area contributed by atoms with Gasteiger partial charge in [0.05, 0.1) is 13.1 Å². The lowest BCUT2D eigenvalue weighted by Crippen LogP contribution is -2.63. The van der Waals surface area contributed by atoms with Gasteiger partial charge < -0.3 is 20.9 Å². The van der Waals surface area contributed by atoms with Crippen molar-refractivity contribution in [2.24, 2.45) is 16.8 Å². The minimum atomic E-state index is -1.09. The van der Waals surface area contributed by atoms with Gasteiger partial charge in [-0.15, -0.1) is 0 Å². The van der Waals surface area contributed by atoms with Crippen LogP contribution in [0.3, 0.4) is 0 Å². The Morgan fingerprint density at radius 2 is 1.97 bits per heavy atom. The number of alkyl halides is 1. The molecule has 11 heteroatoms. The third-order valence-corrected chi connectivity index (χ3v) is 7.66. The van der Waals surface area contributed by atoms with Crippen molar-refractivity contribution in [2.75, 3.05) is 23.7 Å². The standard InChI is InChI=1S/C23H27FN8OS/c1-22(34-17-8-6-16(7-9-17)27-20(33)14-2-3-14)29-18(28-21-25-13-26-31-21)10-19(30-22)32-11-23(24,12-32)15-4-5-15/h6-10,13-15,29H,2-5,11-12H2,1H3,(H,27,33)(H2,25,26,28,31). The number of amides is 1. The van der Waals surface area contributed by atoms with Gasteiger partial charge >= 0.3 is 0 Å². The molecule has 2 aliphatic heterocycles. The van der Waals surface area contributed by atoms with Crippen molar-refractivity contribution in [1.82, 2.24) is 25.4 Å². The third-order valence-electron chi connectivity index (χ3n) is 6.56. The van der Waals surface area contributed by atoms with E-state index in [-0.39, 0.29) is 17.7 Å². The van der Waals surface area contributed by atoms with Gasteiger partial charge in [-0.25, -0.2) is 14.5 Å². The van der Waals surface area contributed by atoms with Gasteiger partial charge in [-0.1, -0.05) is 11.8 Å². The normalized spacial score (nSPS) is 25.5. The van der Waals surface area contributed by atoms with E-state index in [0.29, 0.717) is 24.9 Å². The second-order valence-corrected chi connectivity index (χ2v) is 11.1. The number of rotatable bonds is 7. The Balaban J connectivity index is 1.19. The van der Waals surface area contributed by atoms with E-state index < -0.39 is 10.7 Å². The number of likely N-dealkylation sites (tertiary alicyclic amines) is 1. The number of aliphatic imine (C=N–C) groups is 1. The van der Waals surface area contributed by atoms with Gasteiger partial charge in [-0.2, -0.15) is 10.1 Å². The Morgan fingerprint density at radius 1 is 1.21 bits per heavy atom. The molecular formula is C23H27FN8OS. The fourth-order valence-corrected chi connectivity index (χ4v) is 5.43. The molecule has 1 aromatic heterocycles. The molecule has 4 aliphatic rings. The zero-order valence-corrected chi connectivity index (χ0v) is 19.7. The van der Waals surface area contributed by atoms with Crippen LogP contribution in [0.15, 0.2) is 52.4 Å². The van der Waals surface area contributed by atoms with E-state index >= 15 is 4.39 Å². The smallest absolute Gasteiger partial charge is 0.227 e. The van der Waals surface area contributed by atoms with Crippen molar-refractivity contribution in [3.05, 3.63) is 42.5 Å². The average molecular weight is 483 g/mol. The largest absolute Gasteiger partial charge is 0.350 e. The monoisotopic (exact) mass is 482 g/mol. The number of carbonyl (C=O) groups is 1. The Bertz CT molecular complexity index is 1140. The van der Waals surface area contributed by atoms with Crippen molar-refractivity contribution >= 4 is 35.1 Å². The lowest BCUT2D eigenvalue weighted by atomic mass is 9.90. The summed E-state index contributed by atoms with van der Waals surface area (Å²) in [5.41, 5.74) is -0.302. The summed E-state index contributed by atoms with van der Waals surface area (Å²) in [5, 5.41) is 16.3. The minimum Gasteiger partial charge on any atom is -0.350 e. The number of H-pyrrole nitrogens is 1. The van der Waals surface area contributed by atoms with Crippen molar-refractivity contribution in [3.63, 3.8) is 0 Å². The van der Waals surface area contributed by atoms with E-state index in [1.807, 2.05) is 42.2 Å². The zero-order valence-electron chi connectivity index (χ0n) is 18.8. The number of hydrogen-bond donors (Lipinski definition) is 4. The number of carbonyl (C=O) groups excluding carboxylic acids is 1. The van der Waals surface area contributed by atoms with Crippen LogP contribution in [0, 0.1) is 11.8 Å². The summed E-state index contributed by atoms with van der Waals surface area (Å²) < 4.78 is 15.0. The summed E-state index contributed by atoms with van der Waals surface area (Å²) in [4.78, 5) is 23.4. The lowest BCUT2D eigenvalue weighted by Gasteiger charge is -2.47. The first-order valence-corrected chi connectivity index (χ1v) is 12.5. The first-order chi connectivity index (χ1) is 16.4. The van der Waals surface area contributed by atoms with E-state index in [9.17, 15) is 4.79 Å². The van der Waals surface area contributed by atoms with Crippen molar-refractivity contribution < 1.29 is 9.18 Å². The fourth-order valence-electron chi connectivity index (χ4n) is 4.40. The molecule has 1 amide bonds. The topological polar surface area (TPSA) is 110 Å². The van der Waals surface area contributed by atoms with Crippen LogP contribution >= 0.6 is 11.8 Å². The predicted octanol–water partition coefficient (Wildman–Crippen LogP) is 3.31. The van der Waals surface area contributed by atoms with Crippen LogP contribution in [0.1, 0.15) is 32.6 Å². The summed E-state index contributed by atoms with van der Waals surface area (Å²) in [6.07, 6.45) is 7.23. The molecule has 178 valence electrons. The van der Waals surface area contributed by atoms with Gasteiger partial charge in [0.25, 0.3) is 0 Å². The first-order valence-electron chi connectivity index (χ1n) is 11.6. The van der Waals surface area contributed by atoms with Crippen LogP contribution in [-0.2, 0) is 4.79 Å². The highest BCUT2D eigenvalue weighted by molar-refractivity contribution is 8.00. The van der Waals surface area contributed by atoms with Crippen molar-refractivity contribution in [3.8, 4) is 0 Å².